The summed E-state index contributed by atoms with van der Waals surface area (Å²) in [5.74, 6) is 0.896. The van der Waals surface area contributed by atoms with Crippen LogP contribution in [0.3, 0.4) is 0 Å². The molecule has 0 saturated carbocycles. The molecule has 0 bridgehead atoms. The highest BCUT2D eigenvalue weighted by molar-refractivity contribution is 7.99. The molecular formula is C23H18N4O3S. The van der Waals surface area contributed by atoms with Crippen LogP contribution in [-0.2, 0) is 4.79 Å². The lowest BCUT2D eigenvalue weighted by molar-refractivity contribution is -0.113. The summed E-state index contributed by atoms with van der Waals surface area (Å²) < 4.78 is 5.39. The fourth-order valence-electron chi connectivity index (χ4n) is 2.79. The Morgan fingerprint density at radius 3 is 2.52 bits per heavy atom. The Balaban J connectivity index is 1.38. The zero-order valence-corrected chi connectivity index (χ0v) is 17.4. The number of hydrogen-bond acceptors (Lipinski definition) is 7. The van der Waals surface area contributed by atoms with Crippen molar-refractivity contribution in [2.45, 2.75) is 11.9 Å². The third kappa shape index (κ3) is 5.23. The number of carbonyl (C=O) groups is 2. The van der Waals surface area contributed by atoms with Crippen molar-refractivity contribution in [3.63, 3.8) is 0 Å². The predicted octanol–water partition coefficient (Wildman–Crippen LogP) is 4.73. The van der Waals surface area contributed by atoms with Crippen molar-refractivity contribution in [3.05, 3.63) is 78.5 Å². The molecule has 4 aromatic rings. The van der Waals surface area contributed by atoms with Gasteiger partial charge in [0.2, 0.25) is 11.7 Å². The van der Waals surface area contributed by atoms with Gasteiger partial charge in [0.25, 0.3) is 5.89 Å². The minimum atomic E-state index is -0.170. The van der Waals surface area contributed by atoms with Gasteiger partial charge in [-0.05, 0) is 43.3 Å². The van der Waals surface area contributed by atoms with Crippen LogP contribution < -0.4 is 5.32 Å². The van der Waals surface area contributed by atoms with Crippen LogP contribution in [0.4, 0.5) is 5.69 Å². The first kappa shape index (κ1) is 20.5. The average molecular weight is 430 g/mol. The Morgan fingerprint density at radius 1 is 1.00 bits per heavy atom. The van der Waals surface area contributed by atoms with Gasteiger partial charge in [-0.25, -0.2) is 4.98 Å². The SMILES string of the molecule is CC(=O)c1ccc(NC(=O)CSc2cc(-c3nc(-c4ccccc4)no3)ccn2)cc1. The first-order valence-corrected chi connectivity index (χ1v) is 10.5. The summed E-state index contributed by atoms with van der Waals surface area (Å²) in [4.78, 5) is 32.3. The molecule has 0 aliphatic carbocycles. The Bertz CT molecular complexity index is 1210. The number of amides is 1. The summed E-state index contributed by atoms with van der Waals surface area (Å²) in [6.45, 7) is 1.50. The normalized spacial score (nSPS) is 10.6. The quantitative estimate of drug-likeness (QED) is 0.334. The zero-order chi connectivity index (χ0) is 21.6. The lowest BCUT2D eigenvalue weighted by Crippen LogP contribution is -2.14. The van der Waals surface area contributed by atoms with E-state index in [4.69, 9.17) is 4.52 Å². The van der Waals surface area contributed by atoms with Crippen molar-refractivity contribution in [2.24, 2.45) is 0 Å². The predicted molar refractivity (Wildman–Crippen MR) is 119 cm³/mol. The van der Waals surface area contributed by atoms with Gasteiger partial charge in [0, 0.05) is 28.6 Å². The number of hydrogen-bond donors (Lipinski definition) is 1. The molecule has 2 aromatic heterocycles. The van der Waals surface area contributed by atoms with Crippen LogP contribution in [0.25, 0.3) is 22.8 Å². The molecule has 7 nitrogen and oxygen atoms in total. The third-order valence-electron chi connectivity index (χ3n) is 4.37. The lowest BCUT2D eigenvalue weighted by Gasteiger charge is -2.06. The molecule has 2 aromatic carbocycles. The van der Waals surface area contributed by atoms with Crippen molar-refractivity contribution in [2.75, 3.05) is 11.1 Å². The molecule has 0 unspecified atom stereocenters. The molecule has 0 atom stereocenters. The van der Waals surface area contributed by atoms with Crippen LogP contribution in [0.2, 0.25) is 0 Å². The minimum absolute atomic E-state index is 0.0171. The molecule has 31 heavy (non-hydrogen) atoms. The van der Waals surface area contributed by atoms with E-state index in [2.05, 4.69) is 20.4 Å². The molecule has 0 radical (unpaired) electrons. The number of rotatable bonds is 7. The van der Waals surface area contributed by atoms with E-state index in [1.54, 1.807) is 36.5 Å². The van der Waals surface area contributed by atoms with Gasteiger partial charge < -0.3 is 9.84 Å². The zero-order valence-electron chi connectivity index (χ0n) is 16.6. The molecule has 154 valence electrons. The number of thioether (sulfide) groups is 1. The molecule has 1 N–H and O–H groups in total. The fourth-order valence-corrected chi connectivity index (χ4v) is 3.49. The standard InChI is InChI=1S/C23H18N4O3S/c1-15(28)16-7-9-19(10-8-16)25-20(29)14-31-21-13-18(11-12-24-21)23-26-22(27-30-23)17-5-3-2-4-6-17/h2-13H,14H2,1H3,(H,25,29). The molecule has 0 fully saturated rings. The van der Waals surface area contributed by atoms with Crippen LogP contribution in [0.15, 0.2) is 82.5 Å². The van der Waals surface area contributed by atoms with Crippen molar-refractivity contribution >= 4 is 29.1 Å². The maximum absolute atomic E-state index is 12.3. The van der Waals surface area contributed by atoms with Crippen molar-refractivity contribution in [1.82, 2.24) is 15.1 Å². The molecule has 2 heterocycles. The van der Waals surface area contributed by atoms with Crippen LogP contribution in [-0.4, -0.2) is 32.6 Å². The van der Waals surface area contributed by atoms with Crippen molar-refractivity contribution < 1.29 is 14.1 Å². The first-order valence-electron chi connectivity index (χ1n) is 9.48. The minimum Gasteiger partial charge on any atom is -0.334 e. The Morgan fingerprint density at radius 2 is 1.77 bits per heavy atom. The van der Waals surface area contributed by atoms with Gasteiger partial charge in [-0.15, -0.1) is 0 Å². The third-order valence-corrected chi connectivity index (χ3v) is 5.29. The van der Waals surface area contributed by atoms with Crippen molar-refractivity contribution in [1.29, 1.82) is 0 Å². The number of carbonyl (C=O) groups excluding carboxylic acids is 2. The number of Topliss-reactive ketones (excluding diaryl/α,β-unsaturated/α-hetero) is 1. The summed E-state index contributed by atoms with van der Waals surface area (Å²) >= 11 is 1.30. The van der Waals surface area contributed by atoms with E-state index in [1.807, 2.05) is 36.4 Å². The Hall–Kier alpha value is -3.78. The second-order valence-electron chi connectivity index (χ2n) is 6.64. The van der Waals surface area contributed by atoms with E-state index in [0.717, 1.165) is 11.1 Å². The first-order chi connectivity index (χ1) is 15.1. The molecule has 0 aliphatic heterocycles. The second kappa shape index (κ2) is 9.36. The van der Waals surface area contributed by atoms with E-state index in [1.165, 1.54) is 18.7 Å². The van der Waals surface area contributed by atoms with E-state index in [9.17, 15) is 9.59 Å². The van der Waals surface area contributed by atoms with E-state index < -0.39 is 0 Å². The van der Waals surface area contributed by atoms with Gasteiger partial charge in [-0.3, -0.25) is 9.59 Å². The van der Waals surface area contributed by atoms with Gasteiger partial charge in [-0.1, -0.05) is 47.3 Å². The highest BCUT2D eigenvalue weighted by Gasteiger charge is 2.12. The largest absolute Gasteiger partial charge is 0.334 e. The van der Waals surface area contributed by atoms with Crippen LogP contribution in [0.1, 0.15) is 17.3 Å². The molecule has 4 rings (SSSR count). The second-order valence-corrected chi connectivity index (χ2v) is 7.64. The summed E-state index contributed by atoms with van der Waals surface area (Å²) in [6.07, 6.45) is 1.64. The molecular weight excluding hydrogens is 412 g/mol. The maximum atomic E-state index is 12.3. The monoisotopic (exact) mass is 430 g/mol. The number of ketones is 1. The van der Waals surface area contributed by atoms with Gasteiger partial charge in [-0.2, -0.15) is 4.98 Å². The van der Waals surface area contributed by atoms with Gasteiger partial charge in [0.1, 0.15) is 0 Å². The number of pyridine rings is 1. The summed E-state index contributed by atoms with van der Waals surface area (Å²) in [7, 11) is 0. The lowest BCUT2D eigenvalue weighted by atomic mass is 10.1. The molecule has 0 spiro atoms. The number of nitrogens with zero attached hydrogens (tertiary/aromatic N) is 3. The number of anilines is 1. The molecule has 1 amide bonds. The molecule has 8 heteroatoms. The van der Waals surface area contributed by atoms with Crippen LogP contribution >= 0.6 is 11.8 Å². The maximum Gasteiger partial charge on any atom is 0.258 e. The molecule has 0 saturated heterocycles. The van der Waals surface area contributed by atoms with Crippen LogP contribution in [0.5, 0.6) is 0 Å². The topological polar surface area (TPSA) is 98.0 Å². The smallest absolute Gasteiger partial charge is 0.258 e. The Kier molecular flexibility index (Phi) is 6.18. The average Bonchev–Trinajstić information content (AvgIpc) is 3.29. The van der Waals surface area contributed by atoms with E-state index >= 15 is 0 Å². The summed E-state index contributed by atoms with van der Waals surface area (Å²) in [5.41, 5.74) is 2.84. The highest BCUT2D eigenvalue weighted by Crippen LogP contribution is 2.25. The summed E-state index contributed by atoms with van der Waals surface area (Å²) in [5, 5.41) is 7.50. The summed E-state index contributed by atoms with van der Waals surface area (Å²) in [6, 6.07) is 19.9. The molecule has 0 aliphatic rings. The van der Waals surface area contributed by atoms with E-state index in [-0.39, 0.29) is 17.4 Å². The van der Waals surface area contributed by atoms with Crippen LogP contribution in [0, 0.1) is 0 Å². The van der Waals surface area contributed by atoms with Gasteiger partial charge in [0.15, 0.2) is 5.78 Å². The fraction of sp³-hybridized carbons (Fsp3) is 0.0870. The number of aromatic nitrogens is 3. The van der Waals surface area contributed by atoms with E-state index in [0.29, 0.717) is 28.0 Å². The number of benzene rings is 2. The van der Waals surface area contributed by atoms with Gasteiger partial charge in [0.05, 0.1) is 10.8 Å². The Labute approximate surface area is 182 Å². The number of nitrogens with one attached hydrogen (secondary N) is 1. The van der Waals surface area contributed by atoms with Gasteiger partial charge >= 0.3 is 0 Å². The highest BCUT2D eigenvalue weighted by atomic mass is 32.2. The van der Waals surface area contributed by atoms with Crippen molar-refractivity contribution in [3.8, 4) is 22.8 Å².